The molecule has 0 bridgehead atoms. The van der Waals surface area contributed by atoms with E-state index in [1.807, 2.05) is 0 Å². The van der Waals surface area contributed by atoms with Crippen LogP contribution in [0.5, 0.6) is 0 Å². The maximum absolute atomic E-state index is 13.6. The smallest absolute Gasteiger partial charge is 0.305 e. The summed E-state index contributed by atoms with van der Waals surface area (Å²) >= 11 is 0. The van der Waals surface area contributed by atoms with Crippen molar-refractivity contribution >= 4 is 17.5 Å². The first-order valence-electron chi connectivity index (χ1n) is 7.52. The van der Waals surface area contributed by atoms with Crippen LogP contribution in [-0.4, -0.2) is 39.8 Å². The number of hydrogen-bond donors (Lipinski definition) is 2. The summed E-state index contributed by atoms with van der Waals surface area (Å²) in [6, 6.07) is 0. The van der Waals surface area contributed by atoms with Crippen molar-refractivity contribution in [1.82, 2.24) is 0 Å². The Morgan fingerprint density at radius 2 is 2.00 bits per heavy atom. The van der Waals surface area contributed by atoms with Crippen LogP contribution in [0.25, 0.3) is 0 Å². The van der Waals surface area contributed by atoms with Gasteiger partial charge in [0.2, 0.25) is 5.78 Å². The number of halogens is 2. The molecular weight excluding hydrogens is 298 g/mol. The van der Waals surface area contributed by atoms with Crippen LogP contribution in [0.1, 0.15) is 51.9 Å². The quantitative estimate of drug-likeness (QED) is 0.679. The lowest BCUT2D eigenvalue weighted by molar-refractivity contribution is -0.144. The number of rotatable bonds is 9. The molecule has 0 saturated heterocycles. The van der Waals surface area contributed by atoms with Crippen LogP contribution in [0, 0.1) is 11.8 Å². The summed E-state index contributed by atoms with van der Waals surface area (Å²) in [5.74, 6) is -7.81. The number of aliphatic hydroxyl groups excluding tert-OH is 1. The van der Waals surface area contributed by atoms with Crippen molar-refractivity contribution in [1.29, 1.82) is 0 Å². The Morgan fingerprint density at radius 1 is 1.36 bits per heavy atom. The van der Waals surface area contributed by atoms with E-state index in [0.29, 0.717) is 6.42 Å². The number of carbonyl (C=O) groups excluding carboxylic acids is 2. The summed E-state index contributed by atoms with van der Waals surface area (Å²) in [7, 11) is 0. The molecule has 0 radical (unpaired) electrons. The number of carbonyl (C=O) groups is 3. The Bertz CT molecular complexity index is 436. The summed E-state index contributed by atoms with van der Waals surface area (Å²) in [6.45, 7) is 1.75. The highest BCUT2D eigenvalue weighted by molar-refractivity contribution is 5.88. The van der Waals surface area contributed by atoms with Gasteiger partial charge in [0.1, 0.15) is 5.78 Å². The topological polar surface area (TPSA) is 91.7 Å². The zero-order chi connectivity index (χ0) is 16.9. The molecule has 0 heterocycles. The zero-order valence-electron chi connectivity index (χ0n) is 12.6. The van der Waals surface area contributed by atoms with Gasteiger partial charge in [-0.05, 0) is 18.8 Å². The number of carboxylic acids is 1. The van der Waals surface area contributed by atoms with Gasteiger partial charge in [0, 0.05) is 25.2 Å². The third kappa shape index (κ3) is 4.83. The minimum absolute atomic E-state index is 0.0919. The largest absolute Gasteiger partial charge is 0.481 e. The first-order valence-corrected chi connectivity index (χ1v) is 7.52. The zero-order valence-corrected chi connectivity index (χ0v) is 12.6. The normalized spacial score (nSPS) is 25.5. The second-order valence-electron chi connectivity index (χ2n) is 5.88. The van der Waals surface area contributed by atoms with Crippen LogP contribution in [0.15, 0.2) is 0 Å². The predicted molar refractivity (Wildman–Crippen MR) is 73.6 cm³/mol. The summed E-state index contributed by atoms with van der Waals surface area (Å²) in [4.78, 5) is 34.0. The van der Waals surface area contributed by atoms with Crippen LogP contribution in [-0.2, 0) is 14.4 Å². The van der Waals surface area contributed by atoms with Crippen molar-refractivity contribution in [2.24, 2.45) is 11.8 Å². The Balaban J connectivity index is 2.62. The third-order valence-electron chi connectivity index (χ3n) is 4.19. The maximum atomic E-state index is 13.6. The van der Waals surface area contributed by atoms with E-state index < -0.39 is 54.9 Å². The average Bonchev–Trinajstić information content (AvgIpc) is 2.68. The minimum Gasteiger partial charge on any atom is -0.481 e. The van der Waals surface area contributed by atoms with E-state index in [2.05, 4.69) is 0 Å². The van der Waals surface area contributed by atoms with Crippen molar-refractivity contribution in [3.05, 3.63) is 0 Å². The molecule has 1 rings (SSSR count). The predicted octanol–water partition coefficient (Wildman–Crippen LogP) is 2.20. The SMILES string of the molecule is CCCCC(F)(F)C(=O)CC[C@H]1[C@H](O)CC(=O)[C@@H]1CC(=O)O. The highest BCUT2D eigenvalue weighted by Gasteiger charge is 2.44. The Hall–Kier alpha value is -1.37. The van der Waals surface area contributed by atoms with Gasteiger partial charge in [-0.3, -0.25) is 14.4 Å². The van der Waals surface area contributed by atoms with Crippen molar-refractivity contribution in [3.63, 3.8) is 0 Å². The first-order chi connectivity index (χ1) is 10.2. The Labute approximate surface area is 127 Å². The number of Topliss-reactive ketones (excluding diaryl/α,β-unsaturated/α-hetero) is 2. The van der Waals surface area contributed by atoms with Gasteiger partial charge in [-0.1, -0.05) is 13.3 Å². The molecule has 1 fully saturated rings. The number of hydrogen-bond acceptors (Lipinski definition) is 4. The fourth-order valence-corrected chi connectivity index (χ4v) is 2.88. The number of unbranched alkanes of at least 4 members (excludes halogenated alkanes) is 1. The van der Waals surface area contributed by atoms with E-state index >= 15 is 0 Å². The standard InChI is InChI=1S/C15H22F2O5/c1-2-3-6-15(16,17)13(20)5-4-9-10(7-14(21)22)12(19)8-11(9)18/h9-11,18H,2-8H2,1H3,(H,21,22)/t9-,10-,11-/m1/s1. The van der Waals surface area contributed by atoms with Gasteiger partial charge in [-0.2, -0.15) is 8.78 Å². The van der Waals surface area contributed by atoms with Gasteiger partial charge in [-0.15, -0.1) is 0 Å². The Kier molecular flexibility index (Phi) is 6.59. The number of aliphatic hydroxyl groups is 1. The molecule has 0 aromatic heterocycles. The van der Waals surface area contributed by atoms with Gasteiger partial charge in [0.05, 0.1) is 12.5 Å². The number of alkyl halides is 2. The van der Waals surface area contributed by atoms with Gasteiger partial charge in [0.25, 0.3) is 0 Å². The van der Waals surface area contributed by atoms with E-state index in [0.717, 1.165) is 0 Å². The molecule has 1 aliphatic rings. The first kappa shape index (κ1) is 18.7. The monoisotopic (exact) mass is 320 g/mol. The fourth-order valence-electron chi connectivity index (χ4n) is 2.88. The van der Waals surface area contributed by atoms with Crippen LogP contribution >= 0.6 is 0 Å². The van der Waals surface area contributed by atoms with E-state index in [1.54, 1.807) is 6.92 Å². The van der Waals surface area contributed by atoms with Crippen LogP contribution in [0.4, 0.5) is 8.78 Å². The Morgan fingerprint density at radius 3 is 2.55 bits per heavy atom. The highest BCUT2D eigenvalue weighted by Crippen LogP contribution is 2.36. The summed E-state index contributed by atoms with van der Waals surface area (Å²) in [5, 5.41) is 18.6. The molecule has 0 spiro atoms. The van der Waals surface area contributed by atoms with Crippen LogP contribution in [0.3, 0.4) is 0 Å². The molecule has 3 atom stereocenters. The molecular formula is C15H22F2O5. The average molecular weight is 320 g/mol. The van der Waals surface area contributed by atoms with Gasteiger partial charge in [-0.25, -0.2) is 0 Å². The van der Waals surface area contributed by atoms with Crippen LogP contribution < -0.4 is 0 Å². The third-order valence-corrected chi connectivity index (χ3v) is 4.19. The van der Waals surface area contributed by atoms with Gasteiger partial charge in [0.15, 0.2) is 0 Å². The van der Waals surface area contributed by atoms with Crippen molar-refractivity contribution < 1.29 is 33.4 Å². The highest BCUT2D eigenvalue weighted by atomic mass is 19.3. The molecule has 1 saturated carbocycles. The molecule has 7 heteroatoms. The van der Waals surface area contributed by atoms with Crippen molar-refractivity contribution in [2.45, 2.75) is 63.9 Å². The molecule has 0 aromatic carbocycles. The lowest BCUT2D eigenvalue weighted by Crippen LogP contribution is -2.30. The van der Waals surface area contributed by atoms with Gasteiger partial charge >= 0.3 is 11.9 Å². The molecule has 0 amide bonds. The van der Waals surface area contributed by atoms with E-state index in [-0.39, 0.29) is 25.0 Å². The molecule has 0 aliphatic heterocycles. The number of carboxylic acid groups (broad SMARTS) is 1. The summed E-state index contributed by atoms with van der Waals surface area (Å²) < 4.78 is 27.2. The summed E-state index contributed by atoms with van der Waals surface area (Å²) in [5.41, 5.74) is 0. The molecule has 1 aliphatic carbocycles. The van der Waals surface area contributed by atoms with Crippen LogP contribution in [0.2, 0.25) is 0 Å². The van der Waals surface area contributed by atoms with Crippen molar-refractivity contribution in [2.75, 3.05) is 0 Å². The second kappa shape index (κ2) is 7.76. The molecule has 5 nitrogen and oxygen atoms in total. The molecule has 22 heavy (non-hydrogen) atoms. The number of ketones is 2. The second-order valence-corrected chi connectivity index (χ2v) is 5.88. The lowest BCUT2D eigenvalue weighted by Gasteiger charge is -2.21. The molecule has 126 valence electrons. The summed E-state index contributed by atoms with van der Waals surface area (Å²) in [6.07, 6.45) is -1.94. The molecule has 0 aromatic rings. The number of aliphatic carboxylic acids is 1. The molecule has 0 unspecified atom stereocenters. The van der Waals surface area contributed by atoms with E-state index in [1.165, 1.54) is 0 Å². The van der Waals surface area contributed by atoms with Gasteiger partial charge < -0.3 is 10.2 Å². The van der Waals surface area contributed by atoms with Crippen molar-refractivity contribution in [3.8, 4) is 0 Å². The van der Waals surface area contributed by atoms with E-state index in [4.69, 9.17) is 5.11 Å². The maximum Gasteiger partial charge on any atom is 0.305 e. The minimum atomic E-state index is -3.40. The molecule has 2 N–H and O–H groups in total. The fraction of sp³-hybridized carbons (Fsp3) is 0.800. The van der Waals surface area contributed by atoms with E-state index in [9.17, 15) is 28.3 Å². The lowest BCUT2D eigenvalue weighted by atomic mass is 9.86.